The molecule has 1 aliphatic rings. The number of nitrogens with zero attached hydrogens (tertiary/aromatic N) is 2. The van der Waals surface area contributed by atoms with Gasteiger partial charge in [-0.1, -0.05) is 36.0 Å². The molecule has 28 heavy (non-hydrogen) atoms. The first-order chi connectivity index (χ1) is 13.6. The second-order valence-corrected chi connectivity index (χ2v) is 7.45. The van der Waals surface area contributed by atoms with Gasteiger partial charge >= 0.3 is 0 Å². The average Bonchev–Trinajstić information content (AvgIpc) is 2.72. The van der Waals surface area contributed by atoms with E-state index < -0.39 is 11.0 Å². The number of para-hydroxylation sites is 2. The molecular weight excluding hydrogens is 376 g/mol. The minimum absolute atomic E-state index is 0.00642. The Labute approximate surface area is 166 Å². The molecule has 3 aromatic rings. The number of rotatable bonds is 6. The van der Waals surface area contributed by atoms with Crippen molar-refractivity contribution in [2.24, 2.45) is 0 Å². The van der Waals surface area contributed by atoms with E-state index in [1.54, 1.807) is 11.8 Å². The van der Waals surface area contributed by atoms with Crippen LogP contribution in [0, 0.1) is 10.1 Å². The van der Waals surface area contributed by atoms with E-state index in [2.05, 4.69) is 17.0 Å². The van der Waals surface area contributed by atoms with Gasteiger partial charge in [0.05, 0.1) is 22.8 Å². The van der Waals surface area contributed by atoms with Gasteiger partial charge in [0.2, 0.25) is 0 Å². The van der Waals surface area contributed by atoms with Crippen molar-refractivity contribution in [3.63, 3.8) is 0 Å². The predicted octanol–water partition coefficient (Wildman–Crippen LogP) is 4.64. The van der Waals surface area contributed by atoms with Gasteiger partial charge in [0.1, 0.15) is 18.5 Å². The van der Waals surface area contributed by atoms with Crippen LogP contribution in [0.1, 0.15) is 0 Å². The highest BCUT2D eigenvalue weighted by atomic mass is 32.2. The lowest BCUT2D eigenvalue weighted by molar-refractivity contribution is -0.384. The number of ether oxygens (including phenoxy) is 1. The van der Waals surface area contributed by atoms with Gasteiger partial charge in [0.15, 0.2) is 0 Å². The number of aliphatic hydroxyl groups is 1. The summed E-state index contributed by atoms with van der Waals surface area (Å²) in [7, 11) is 0. The summed E-state index contributed by atoms with van der Waals surface area (Å²) in [5.41, 5.74) is 2.12. The lowest BCUT2D eigenvalue weighted by atomic mass is 10.2. The van der Waals surface area contributed by atoms with Crippen LogP contribution >= 0.6 is 11.8 Å². The first-order valence-corrected chi connectivity index (χ1v) is 9.62. The van der Waals surface area contributed by atoms with Gasteiger partial charge in [-0.2, -0.15) is 0 Å². The fraction of sp³-hybridized carbons (Fsp3) is 0.143. The third-order valence-corrected chi connectivity index (χ3v) is 5.55. The average molecular weight is 394 g/mol. The molecule has 6 nitrogen and oxygen atoms in total. The van der Waals surface area contributed by atoms with E-state index >= 15 is 0 Å². The van der Waals surface area contributed by atoms with Crippen LogP contribution in [-0.2, 0) is 0 Å². The highest BCUT2D eigenvalue weighted by Gasteiger charge is 2.24. The summed E-state index contributed by atoms with van der Waals surface area (Å²) in [6.07, 6.45) is -0.737. The van der Waals surface area contributed by atoms with E-state index in [-0.39, 0.29) is 12.3 Å². The zero-order valence-corrected chi connectivity index (χ0v) is 15.7. The van der Waals surface area contributed by atoms with E-state index in [1.807, 2.05) is 36.4 Å². The summed E-state index contributed by atoms with van der Waals surface area (Å²) in [4.78, 5) is 14.7. The quantitative estimate of drug-likeness (QED) is 0.485. The van der Waals surface area contributed by atoms with E-state index in [4.69, 9.17) is 4.74 Å². The Balaban J connectivity index is 1.47. The highest BCUT2D eigenvalue weighted by Crippen LogP contribution is 2.47. The van der Waals surface area contributed by atoms with Gasteiger partial charge in [-0.3, -0.25) is 10.1 Å². The molecule has 0 bridgehead atoms. The van der Waals surface area contributed by atoms with Crippen LogP contribution < -0.4 is 9.64 Å². The van der Waals surface area contributed by atoms with Crippen molar-refractivity contribution in [1.29, 1.82) is 0 Å². The van der Waals surface area contributed by atoms with Crippen molar-refractivity contribution in [1.82, 2.24) is 0 Å². The Morgan fingerprint density at radius 1 is 0.964 bits per heavy atom. The molecule has 1 heterocycles. The highest BCUT2D eigenvalue weighted by molar-refractivity contribution is 7.99. The first kappa shape index (κ1) is 18.3. The molecule has 0 radical (unpaired) electrons. The van der Waals surface area contributed by atoms with Crippen molar-refractivity contribution < 1.29 is 14.8 Å². The van der Waals surface area contributed by atoms with Gasteiger partial charge in [0, 0.05) is 21.9 Å². The summed E-state index contributed by atoms with van der Waals surface area (Å²) < 4.78 is 5.62. The van der Waals surface area contributed by atoms with Crippen molar-refractivity contribution in [3.8, 4) is 5.75 Å². The van der Waals surface area contributed by atoms with Crippen LogP contribution in [0.25, 0.3) is 0 Å². The van der Waals surface area contributed by atoms with Gasteiger partial charge in [0.25, 0.3) is 5.69 Å². The molecule has 0 fully saturated rings. The van der Waals surface area contributed by atoms with Crippen LogP contribution in [-0.4, -0.2) is 29.3 Å². The maximum Gasteiger partial charge on any atom is 0.269 e. The number of fused-ring (bicyclic) bond motifs is 2. The monoisotopic (exact) mass is 394 g/mol. The van der Waals surface area contributed by atoms with Gasteiger partial charge in [-0.05, 0) is 36.4 Å². The topological polar surface area (TPSA) is 75.8 Å². The van der Waals surface area contributed by atoms with Crippen molar-refractivity contribution in [2.75, 3.05) is 18.1 Å². The van der Waals surface area contributed by atoms with Gasteiger partial charge in [-0.25, -0.2) is 0 Å². The Hall–Kier alpha value is -3.03. The second-order valence-electron chi connectivity index (χ2n) is 6.36. The lowest BCUT2D eigenvalue weighted by Crippen LogP contribution is -2.34. The normalized spacial score (nSPS) is 13.4. The maximum absolute atomic E-state index is 10.7. The number of hydrogen-bond donors (Lipinski definition) is 1. The lowest BCUT2D eigenvalue weighted by Gasteiger charge is -2.34. The number of nitro groups is 1. The molecule has 0 aromatic heterocycles. The Morgan fingerprint density at radius 2 is 1.54 bits per heavy atom. The zero-order chi connectivity index (χ0) is 19.5. The summed E-state index contributed by atoms with van der Waals surface area (Å²) in [5, 5.41) is 21.3. The number of aliphatic hydroxyl groups excluding tert-OH is 1. The fourth-order valence-electron chi connectivity index (χ4n) is 3.10. The predicted molar refractivity (Wildman–Crippen MR) is 109 cm³/mol. The first-order valence-electron chi connectivity index (χ1n) is 8.80. The molecule has 142 valence electrons. The van der Waals surface area contributed by atoms with E-state index in [9.17, 15) is 15.2 Å². The van der Waals surface area contributed by atoms with E-state index in [0.717, 1.165) is 21.2 Å². The molecular formula is C21H18N2O4S. The van der Waals surface area contributed by atoms with Crippen molar-refractivity contribution >= 4 is 28.8 Å². The molecule has 1 N–H and O–H groups in total. The third kappa shape index (κ3) is 3.81. The SMILES string of the molecule is O=[N+]([O-])c1ccc(OCC(O)CN2c3ccccc3Sc3ccccc32)cc1. The van der Waals surface area contributed by atoms with Crippen LogP contribution in [0.4, 0.5) is 17.1 Å². The van der Waals surface area contributed by atoms with Crippen LogP contribution in [0.2, 0.25) is 0 Å². The summed E-state index contributed by atoms with van der Waals surface area (Å²) in [5.74, 6) is 0.486. The smallest absolute Gasteiger partial charge is 0.269 e. The Morgan fingerprint density at radius 3 is 2.11 bits per heavy atom. The molecule has 3 aromatic carbocycles. The third-order valence-electron chi connectivity index (χ3n) is 4.42. The molecule has 7 heteroatoms. The fourth-order valence-corrected chi connectivity index (χ4v) is 4.19. The van der Waals surface area contributed by atoms with E-state index in [0.29, 0.717) is 12.3 Å². The minimum Gasteiger partial charge on any atom is -0.491 e. The standard InChI is InChI=1S/C21H18N2O4S/c24-16(14-27-17-11-9-15(10-12-17)23(25)26)13-22-18-5-1-3-7-20(18)28-21-8-4-2-6-19(21)22/h1-12,16,24H,13-14H2. The maximum atomic E-state index is 10.7. The second kappa shape index (κ2) is 7.92. The van der Waals surface area contributed by atoms with Crippen molar-refractivity contribution in [2.45, 2.75) is 15.9 Å². The molecule has 0 amide bonds. The van der Waals surface area contributed by atoms with Gasteiger partial charge in [-0.15, -0.1) is 0 Å². The zero-order valence-electron chi connectivity index (χ0n) is 14.9. The molecule has 1 aliphatic heterocycles. The minimum atomic E-state index is -0.737. The molecule has 0 saturated carbocycles. The number of β-amino-alcohol motifs (C(OH)–C–C–N with tert-alkyl or cyclic N) is 1. The van der Waals surface area contributed by atoms with E-state index in [1.165, 1.54) is 24.3 Å². The molecule has 1 atom stereocenters. The molecule has 0 aliphatic carbocycles. The largest absolute Gasteiger partial charge is 0.491 e. The molecule has 0 saturated heterocycles. The van der Waals surface area contributed by atoms with Crippen molar-refractivity contribution in [3.05, 3.63) is 82.9 Å². The number of hydrogen-bond acceptors (Lipinski definition) is 6. The van der Waals surface area contributed by atoms with Crippen LogP contribution in [0.5, 0.6) is 5.75 Å². The number of nitro benzene ring substituents is 1. The summed E-state index contributed by atoms with van der Waals surface area (Å²) in [6, 6.07) is 22.1. The Bertz CT molecular complexity index is 948. The molecule has 0 spiro atoms. The van der Waals surface area contributed by atoms with Crippen LogP contribution in [0.15, 0.2) is 82.6 Å². The summed E-state index contributed by atoms with van der Waals surface area (Å²) in [6.45, 7) is 0.466. The molecule has 4 rings (SSSR count). The molecule has 1 unspecified atom stereocenters. The van der Waals surface area contributed by atoms with Crippen LogP contribution in [0.3, 0.4) is 0 Å². The number of benzene rings is 3. The number of non-ortho nitro benzene ring substituents is 1. The summed E-state index contributed by atoms with van der Waals surface area (Å²) >= 11 is 1.72. The van der Waals surface area contributed by atoms with Gasteiger partial charge < -0.3 is 14.7 Å². The Kier molecular flexibility index (Phi) is 5.18. The number of anilines is 2.